The van der Waals surface area contributed by atoms with Crippen LogP contribution in [-0.2, 0) is 20.9 Å². The van der Waals surface area contributed by atoms with E-state index in [0.717, 1.165) is 19.6 Å². The number of halogens is 2. The summed E-state index contributed by atoms with van der Waals surface area (Å²) in [5, 5.41) is 0. The number of hydrogen-bond donors (Lipinski definition) is 0. The third-order valence-corrected chi connectivity index (χ3v) is 9.00. The van der Waals surface area contributed by atoms with Crippen molar-refractivity contribution >= 4 is 49.6 Å². The number of benzene rings is 1. The number of amides is 3. The number of piperazine rings is 1. The summed E-state index contributed by atoms with van der Waals surface area (Å²) in [4.78, 5) is 44.0. The van der Waals surface area contributed by atoms with E-state index in [2.05, 4.69) is 48.9 Å². The zero-order valence-corrected chi connectivity index (χ0v) is 19.3. The molecule has 3 amide bonds. The second-order valence-corrected chi connectivity index (χ2v) is 10.5. The second kappa shape index (κ2) is 8.86. The van der Waals surface area contributed by atoms with Gasteiger partial charge in [-0.3, -0.25) is 24.2 Å². The number of imide groups is 1. The minimum absolute atomic E-state index is 0.122. The van der Waals surface area contributed by atoms with Crippen LogP contribution in [0.3, 0.4) is 0 Å². The molecule has 1 aliphatic carbocycles. The first kappa shape index (κ1) is 21.0. The van der Waals surface area contributed by atoms with E-state index in [0.29, 0.717) is 25.9 Å². The van der Waals surface area contributed by atoms with E-state index in [1.54, 1.807) is 4.90 Å². The smallest absolute Gasteiger partial charge is 0.242 e. The average molecular weight is 527 g/mol. The van der Waals surface area contributed by atoms with Crippen molar-refractivity contribution < 1.29 is 14.4 Å². The van der Waals surface area contributed by atoms with Crippen molar-refractivity contribution in [2.45, 2.75) is 29.0 Å². The van der Waals surface area contributed by atoms with Gasteiger partial charge in [0.2, 0.25) is 17.7 Å². The molecule has 0 unspecified atom stereocenters. The number of carbonyl (C=O) groups is 3. The van der Waals surface area contributed by atoms with Crippen molar-refractivity contribution in [2.75, 3.05) is 32.7 Å². The summed E-state index contributed by atoms with van der Waals surface area (Å²) in [7, 11) is 0. The number of hydrogen-bond acceptors (Lipinski definition) is 4. The Kier molecular flexibility index (Phi) is 6.41. The van der Waals surface area contributed by atoms with Crippen LogP contribution in [0.2, 0.25) is 0 Å². The highest BCUT2D eigenvalue weighted by Gasteiger charge is 2.52. The first-order valence-corrected chi connectivity index (χ1v) is 11.9. The number of carbonyl (C=O) groups excluding carboxylic acids is 3. The maximum absolute atomic E-state index is 12.8. The summed E-state index contributed by atoms with van der Waals surface area (Å²) < 4.78 is 0. The number of fused-ring (bicyclic) bond motifs is 1. The quantitative estimate of drug-likeness (QED) is 0.446. The predicted molar refractivity (Wildman–Crippen MR) is 117 cm³/mol. The molecule has 4 rings (SSSR count). The molecule has 4 atom stereocenters. The fraction of sp³-hybridized carbons (Fsp3) is 0.571. The molecule has 6 nitrogen and oxygen atoms in total. The van der Waals surface area contributed by atoms with Gasteiger partial charge in [0.05, 0.1) is 11.8 Å². The Morgan fingerprint density at radius 2 is 1.45 bits per heavy atom. The van der Waals surface area contributed by atoms with Crippen molar-refractivity contribution in [3.8, 4) is 0 Å². The normalized spacial score (nSPS) is 30.6. The van der Waals surface area contributed by atoms with Crippen molar-refractivity contribution in [2.24, 2.45) is 11.8 Å². The highest BCUT2D eigenvalue weighted by molar-refractivity contribution is 9.12. The maximum atomic E-state index is 12.8. The lowest BCUT2D eigenvalue weighted by atomic mass is 9.81. The molecule has 2 aliphatic heterocycles. The van der Waals surface area contributed by atoms with E-state index in [1.165, 1.54) is 10.5 Å². The van der Waals surface area contributed by atoms with Crippen LogP contribution in [0.25, 0.3) is 0 Å². The molecule has 0 N–H and O–H groups in total. The van der Waals surface area contributed by atoms with Crippen molar-refractivity contribution in [1.29, 1.82) is 0 Å². The van der Waals surface area contributed by atoms with E-state index in [4.69, 9.17) is 0 Å². The molecule has 0 spiro atoms. The molecular formula is C21H25Br2N3O3. The third kappa shape index (κ3) is 4.44. The van der Waals surface area contributed by atoms with Gasteiger partial charge in [-0.2, -0.15) is 0 Å². The molecule has 3 fully saturated rings. The van der Waals surface area contributed by atoms with Gasteiger partial charge < -0.3 is 4.90 Å². The summed E-state index contributed by atoms with van der Waals surface area (Å²) in [6, 6.07) is 10.3. The predicted octanol–water partition coefficient (Wildman–Crippen LogP) is 2.25. The number of likely N-dealkylation sites (tertiary alicyclic amines) is 1. The first-order chi connectivity index (χ1) is 13.9. The minimum Gasteiger partial charge on any atom is -0.339 e. The Bertz CT molecular complexity index is 755. The Hall–Kier alpha value is -1.25. The maximum Gasteiger partial charge on any atom is 0.242 e. The second-order valence-electron chi connectivity index (χ2n) is 8.12. The van der Waals surface area contributed by atoms with Gasteiger partial charge in [-0.05, 0) is 18.4 Å². The van der Waals surface area contributed by atoms with Gasteiger partial charge >= 0.3 is 0 Å². The number of alkyl halides is 2. The van der Waals surface area contributed by atoms with Crippen molar-refractivity contribution in [3.63, 3.8) is 0 Å². The molecule has 1 aromatic carbocycles. The van der Waals surface area contributed by atoms with Gasteiger partial charge in [-0.1, -0.05) is 62.2 Å². The van der Waals surface area contributed by atoms with E-state index >= 15 is 0 Å². The fourth-order valence-corrected chi connectivity index (χ4v) is 5.79. The Balaban J connectivity index is 1.31. The van der Waals surface area contributed by atoms with Crippen molar-refractivity contribution in [1.82, 2.24) is 14.7 Å². The largest absolute Gasteiger partial charge is 0.339 e. The summed E-state index contributed by atoms with van der Waals surface area (Å²) >= 11 is 7.18. The molecule has 1 aromatic rings. The molecule has 2 saturated heterocycles. The van der Waals surface area contributed by atoms with E-state index in [-0.39, 0.29) is 45.8 Å². The molecule has 156 valence electrons. The van der Waals surface area contributed by atoms with E-state index in [1.807, 2.05) is 18.2 Å². The van der Waals surface area contributed by atoms with Gasteiger partial charge in [-0.15, -0.1) is 0 Å². The van der Waals surface area contributed by atoms with Crippen LogP contribution in [0.15, 0.2) is 30.3 Å². The molecule has 8 heteroatoms. The lowest BCUT2D eigenvalue weighted by Crippen LogP contribution is -2.51. The van der Waals surface area contributed by atoms with Crippen LogP contribution in [-0.4, -0.2) is 74.8 Å². The van der Waals surface area contributed by atoms with Crippen LogP contribution >= 0.6 is 31.9 Å². The fourth-order valence-electron chi connectivity index (χ4n) is 4.55. The van der Waals surface area contributed by atoms with Gasteiger partial charge in [0.25, 0.3) is 0 Å². The molecular weight excluding hydrogens is 502 g/mol. The molecule has 0 aromatic heterocycles. The van der Waals surface area contributed by atoms with E-state index in [9.17, 15) is 14.4 Å². The Morgan fingerprint density at radius 1 is 0.897 bits per heavy atom. The molecule has 29 heavy (non-hydrogen) atoms. The monoisotopic (exact) mass is 525 g/mol. The summed E-state index contributed by atoms with van der Waals surface area (Å²) in [6.07, 6.45) is 1.27. The van der Waals surface area contributed by atoms with Gasteiger partial charge in [0.1, 0.15) is 6.54 Å². The number of rotatable bonds is 4. The first-order valence-electron chi connectivity index (χ1n) is 10.1. The highest BCUT2D eigenvalue weighted by Crippen LogP contribution is 2.43. The lowest BCUT2D eigenvalue weighted by Gasteiger charge is -2.35. The van der Waals surface area contributed by atoms with Gasteiger partial charge in [-0.25, -0.2) is 0 Å². The molecule has 2 heterocycles. The van der Waals surface area contributed by atoms with Crippen molar-refractivity contribution in [3.05, 3.63) is 35.9 Å². The zero-order valence-electron chi connectivity index (χ0n) is 16.2. The van der Waals surface area contributed by atoms with Gasteiger partial charge in [0.15, 0.2) is 0 Å². The Morgan fingerprint density at radius 3 is 2.00 bits per heavy atom. The SMILES string of the molecule is O=C(CN1C(=O)[C@@H]2C[C@@H](Br)[C@@H](Br)C[C@H]2C1=O)N1CCN(Cc2ccccc2)CC1. The standard InChI is InChI=1S/C21H25Br2N3O3/c22-17-10-15-16(11-18(17)23)21(29)26(20(15)28)13-19(27)25-8-6-24(7-9-25)12-14-4-2-1-3-5-14/h1-5,15-18H,6-13H2/t15-,16-,17-,18+/m1/s1. The average Bonchev–Trinajstić information content (AvgIpc) is 2.94. The highest BCUT2D eigenvalue weighted by atomic mass is 79.9. The molecule has 0 radical (unpaired) electrons. The molecule has 3 aliphatic rings. The van der Waals surface area contributed by atoms with Gasteiger partial charge in [0, 0.05) is 42.4 Å². The van der Waals surface area contributed by atoms with Crippen LogP contribution in [0.5, 0.6) is 0 Å². The summed E-state index contributed by atoms with van der Waals surface area (Å²) in [5.41, 5.74) is 1.26. The third-order valence-electron chi connectivity index (χ3n) is 6.27. The van der Waals surface area contributed by atoms with Crippen LogP contribution in [0.4, 0.5) is 0 Å². The lowest BCUT2D eigenvalue weighted by molar-refractivity contribution is -0.147. The Labute approximate surface area is 187 Å². The zero-order chi connectivity index (χ0) is 20.5. The van der Waals surface area contributed by atoms with Crippen LogP contribution < -0.4 is 0 Å². The minimum atomic E-state index is -0.295. The van der Waals surface area contributed by atoms with Crippen LogP contribution in [0, 0.1) is 11.8 Å². The molecule has 0 bridgehead atoms. The molecule has 1 saturated carbocycles. The van der Waals surface area contributed by atoms with Crippen LogP contribution in [0.1, 0.15) is 18.4 Å². The number of nitrogens with zero attached hydrogens (tertiary/aromatic N) is 3. The summed E-state index contributed by atoms with van der Waals surface area (Å²) in [5.74, 6) is -1.08. The van der Waals surface area contributed by atoms with E-state index < -0.39 is 0 Å². The topological polar surface area (TPSA) is 60.9 Å². The summed E-state index contributed by atoms with van der Waals surface area (Å²) in [6.45, 7) is 3.60.